The Labute approximate surface area is 107 Å². The van der Waals surface area contributed by atoms with Crippen LogP contribution in [0.1, 0.15) is 36.7 Å². The quantitative estimate of drug-likeness (QED) is 0.899. The van der Waals surface area contributed by atoms with Crippen molar-refractivity contribution >= 4 is 17.5 Å². The molecule has 0 fully saturated rings. The number of nitrogens with two attached hydrogens (primary N) is 1. The SMILES string of the molecule is CC(C)(C)COCc1ccc(Cl)cc1C(N)=O. The third-order valence-corrected chi connectivity index (χ3v) is 2.37. The number of amides is 1. The van der Waals surface area contributed by atoms with Crippen molar-refractivity contribution in [3.05, 3.63) is 34.3 Å². The fourth-order valence-corrected chi connectivity index (χ4v) is 1.54. The molecule has 0 aliphatic heterocycles. The molecule has 0 heterocycles. The minimum absolute atomic E-state index is 0.0965. The molecule has 1 amide bonds. The zero-order chi connectivity index (χ0) is 13.1. The molecule has 0 saturated heterocycles. The second kappa shape index (κ2) is 5.52. The minimum Gasteiger partial charge on any atom is -0.376 e. The zero-order valence-electron chi connectivity index (χ0n) is 10.4. The van der Waals surface area contributed by atoms with Gasteiger partial charge in [0.05, 0.1) is 13.2 Å². The third kappa shape index (κ3) is 4.75. The zero-order valence-corrected chi connectivity index (χ0v) is 11.2. The summed E-state index contributed by atoms with van der Waals surface area (Å²) >= 11 is 5.82. The fourth-order valence-electron chi connectivity index (χ4n) is 1.37. The topological polar surface area (TPSA) is 52.3 Å². The minimum atomic E-state index is -0.484. The van der Waals surface area contributed by atoms with Crippen LogP contribution in [-0.4, -0.2) is 12.5 Å². The van der Waals surface area contributed by atoms with E-state index in [1.54, 1.807) is 18.2 Å². The van der Waals surface area contributed by atoms with Crippen LogP contribution < -0.4 is 5.73 Å². The lowest BCUT2D eigenvalue weighted by Crippen LogP contribution is -2.17. The van der Waals surface area contributed by atoms with E-state index >= 15 is 0 Å². The van der Waals surface area contributed by atoms with Crippen LogP contribution in [0.25, 0.3) is 0 Å². The van der Waals surface area contributed by atoms with E-state index in [0.717, 1.165) is 5.56 Å². The maximum Gasteiger partial charge on any atom is 0.249 e. The summed E-state index contributed by atoms with van der Waals surface area (Å²) in [6.07, 6.45) is 0. The van der Waals surface area contributed by atoms with Crippen LogP contribution in [-0.2, 0) is 11.3 Å². The van der Waals surface area contributed by atoms with Gasteiger partial charge in [0, 0.05) is 10.6 Å². The smallest absolute Gasteiger partial charge is 0.249 e. The Balaban J connectivity index is 2.74. The Morgan fingerprint density at radius 1 is 1.41 bits per heavy atom. The summed E-state index contributed by atoms with van der Waals surface area (Å²) in [6.45, 7) is 7.25. The Morgan fingerprint density at radius 3 is 2.59 bits per heavy atom. The molecule has 0 spiro atoms. The van der Waals surface area contributed by atoms with E-state index in [1.807, 2.05) is 0 Å². The molecule has 1 aromatic rings. The lowest BCUT2D eigenvalue weighted by Gasteiger charge is -2.18. The van der Waals surface area contributed by atoms with Crippen molar-refractivity contribution in [3.63, 3.8) is 0 Å². The largest absolute Gasteiger partial charge is 0.376 e. The van der Waals surface area contributed by atoms with Crippen molar-refractivity contribution in [1.82, 2.24) is 0 Å². The normalized spacial score (nSPS) is 11.5. The maximum atomic E-state index is 11.2. The standard InChI is InChI=1S/C13H18ClNO2/c1-13(2,3)8-17-7-9-4-5-10(14)6-11(9)12(15)16/h4-6H,7-8H2,1-3H3,(H2,15,16). The van der Waals surface area contributed by atoms with E-state index in [9.17, 15) is 4.79 Å². The highest BCUT2D eigenvalue weighted by atomic mass is 35.5. The molecule has 0 radical (unpaired) electrons. The molecule has 0 aromatic heterocycles. The first-order valence-electron chi connectivity index (χ1n) is 5.45. The average Bonchev–Trinajstić information content (AvgIpc) is 2.18. The van der Waals surface area contributed by atoms with Crippen LogP contribution in [0.15, 0.2) is 18.2 Å². The first kappa shape index (κ1) is 14.0. The van der Waals surface area contributed by atoms with Crippen molar-refractivity contribution in [1.29, 1.82) is 0 Å². The average molecular weight is 256 g/mol. The van der Waals surface area contributed by atoms with E-state index < -0.39 is 5.91 Å². The Hall–Kier alpha value is -1.06. The number of hydrogen-bond acceptors (Lipinski definition) is 2. The van der Waals surface area contributed by atoms with Crippen molar-refractivity contribution in [2.45, 2.75) is 27.4 Å². The highest BCUT2D eigenvalue weighted by molar-refractivity contribution is 6.31. The number of hydrogen-bond donors (Lipinski definition) is 1. The van der Waals surface area contributed by atoms with Gasteiger partial charge >= 0.3 is 0 Å². The number of benzene rings is 1. The second-order valence-electron chi connectivity index (χ2n) is 5.22. The van der Waals surface area contributed by atoms with Crippen LogP contribution in [0.4, 0.5) is 0 Å². The van der Waals surface area contributed by atoms with Crippen LogP contribution in [0.5, 0.6) is 0 Å². The highest BCUT2D eigenvalue weighted by Crippen LogP contribution is 2.18. The summed E-state index contributed by atoms with van der Waals surface area (Å²) < 4.78 is 5.56. The number of ether oxygens (including phenoxy) is 1. The van der Waals surface area contributed by atoms with E-state index in [1.165, 1.54) is 0 Å². The predicted octanol–water partition coefficient (Wildman–Crippen LogP) is 3.00. The summed E-state index contributed by atoms with van der Waals surface area (Å²) in [6, 6.07) is 5.06. The number of carbonyl (C=O) groups is 1. The van der Waals surface area contributed by atoms with Crippen molar-refractivity contribution < 1.29 is 9.53 Å². The first-order valence-corrected chi connectivity index (χ1v) is 5.83. The molecule has 0 unspecified atom stereocenters. The monoisotopic (exact) mass is 255 g/mol. The van der Waals surface area contributed by atoms with Gasteiger partial charge in [-0.1, -0.05) is 38.4 Å². The molecule has 0 bridgehead atoms. The van der Waals surface area contributed by atoms with Crippen molar-refractivity contribution in [2.75, 3.05) is 6.61 Å². The molecule has 0 aliphatic rings. The van der Waals surface area contributed by atoms with Crippen molar-refractivity contribution in [2.24, 2.45) is 11.1 Å². The molecule has 17 heavy (non-hydrogen) atoms. The highest BCUT2D eigenvalue weighted by Gasteiger charge is 2.12. The molecule has 1 aromatic carbocycles. The third-order valence-electron chi connectivity index (χ3n) is 2.13. The summed E-state index contributed by atoms with van der Waals surface area (Å²) in [5.41, 5.74) is 6.58. The first-order chi connectivity index (χ1) is 7.79. The Bertz CT molecular complexity index is 410. The van der Waals surface area contributed by atoms with E-state index in [-0.39, 0.29) is 5.41 Å². The van der Waals surface area contributed by atoms with Gasteiger partial charge in [0.2, 0.25) is 5.91 Å². The summed E-state index contributed by atoms with van der Waals surface area (Å²) in [5.74, 6) is -0.484. The van der Waals surface area contributed by atoms with Gasteiger partial charge in [-0.15, -0.1) is 0 Å². The van der Waals surface area contributed by atoms with Crippen LogP contribution in [0.3, 0.4) is 0 Å². The molecule has 94 valence electrons. The lowest BCUT2D eigenvalue weighted by atomic mass is 9.98. The molecule has 2 N–H and O–H groups in total. The summed E-state index contributed by atoms with van der Waals surface area (Å²) in [4.78, 5) is 11.2. The van der Waals surface area contributed by atoms with Gasteiger partial charge in [-0.2, -0.15) is 0 Å². The fraction of sp³-hybridized carbons (Fsp3) is 0.462. The maximum absolute atomic E-state index is 11.2. The van der Waals surface area contributed by atoms with Gasteiger partial charge < -0.3 is 10.5 Å². The molecular formula is C13H18ClNO2. The van der Waals surface area contributed by atoms with Crippen molar-refractivity contribution in [3.8, 4) is 0 Å². The van der Waals surface area contributed by atoms with E-state index in [2.05, 4.69) is 20.8 Å². The summed E-state index contributed by atoms with van der Waals surface area (Å²) in [5, 5.41) is 0.498. The number of carbonyl (C=O) groups excluding carboxylic acids is 1. The van der Waals surface area contributed by atoms with E-state index in [0.29, 0.717) is 23.8 Å². The molecule has 1 rings (SSSR count). The number of halogens is 1. The van der Waals surface area contributed by atoms with Gasteiger partial charge in [-0.25, -0.2) is 0 Å². The molecule has 4 heteroatoms. The summed E-state index contributed by atoms with van der Waals surface area (Å²) in [7, 11) is 0. The number of rotatable bonds is 4. The molecular weight excluding hydrogens is 238 g/mol. The molecule has 0 aliphatic carbocycles. The van der Waals surface area contributed by atoms with Gasteiger partial charge in [0.15, 0.2) is 0 Å². The lowest BCUT2D eigenvalue weighted by molar-refractivity contribution is 0.0593. The van der Waals surface area contributed by atoms with Gasteiger partial charge in [0.25, 0.3) is 0 Å². The Morgan fingerprint density at radius 2 is 2.06 bits per heavy atom. The van der Waals surface area contributed by atoms with Gasteiger partial charge in [-0.3, -0.25) is 4.79 Å². The molecule has 0 saturated carbocycles. The van der Waals surface area contributed by atoms with Crippen LogP contribution in [0.2, 0.25) is 5.02 Å². The Kier molecular flexibility index (Phi) is 4.54. The number of primary amides is 1. The van der Waals surface area contributed by atoms with Gasteiger partial charge in [0.1, 0.15) is 0 Å². The second-order valence-corrected chi connectivity index (χ2v) is 5.66. The van der Waals surface area contributed by atoms with Crippen LogP contribution >= 0.6 is 11.6 Å². The molecule has 0 atom stereocenters. The van der Waals surface area contributed by atoms with Crippen LogP contribution in [0, 0.1) is 5.41 Å². The predicted molar refractivity (Wildman–Crippen MR) is 69.1 cm³/mol. The molecule has 3 nitrogen and oxygen atoms in total. The van der Waals surface area contributed by atoms with Gasteiger partial charge in [-0.05, 0) is 23.1 Å². The van der Waals surface area contributed by atoms with E-state index in [4.69, 9.17) is 22.1 Å².